The van der Waals surface area contributed by atoms with Crippen molar-refractivity contribution in [1.82, 2.24) is 4.57 Å². The van der Waals surface area contributed by atoms with Crippen molar-refractivity contribution >= 4 is 78.5 Å². The maximum atomic E-state index is 2.42. The molecule has 11 rings (SSSR count). The fourth-order valence-electron chi connectivity index (χ4n) is 8.31. The van der Waals surface area contributed by atoms with Gasteiger partial charge in [-0.05, 0) is 125 Å². The lowest BCUT2D eigenvalue weighted by Crippen LogP contribution is -2.14. The molecule has 0 radical (unpaired) electrons. The van der Waals surface area contributed by atoms with Crippen LogP contribution in [0.2, 0.25) is 0 Å². The summed E-state index contributed by atoms with van der Waals surface area (Å²) in [5.74, 6) is 0. The first-order chi connectivity index (χ1) is 27.8. The Balaban J connectivity index is 0.989. The first-order valence-electron chi connectivity index (χ1n) is 19.0. The molecule has 0 atom stereocenters. The number of hydrogen-bond acceptors (Lipinski definition) is 3. The molecule has 9 aromatic carbocycles. The lowest BCUT2D eigenvalue weighted by Gasteiger charge is -2.33. The maximum Gasteiger partial charge on any atom is 0.0602 e. The minimum Gasteiger partial charge on any atom is -0.311 e. The molecule has 0 amide bonds. The van der Waals surface area contributed by atoms with Crippen LogP contribution in [-0.4, -0.2) is 4.57 Å². The molecule has 4 heteroatoms. The zero-order chi connectivity index (χ0) is 37.0. The summed E-state index contributed by atoms with van der Waals surface area (Å²) in [5, 5.41) is 4.97. The molecule has 0 saturated heterocycles. The molecule has 2 heterocycles. The van der Waals surface area contributed by atoms with Crippen molar-refractivity contribution in [3.63, 3.8) is 0 Å². The Hall–Kier alpha value is -7.01. The number of para-hydroxylation sites is 4. The van der Waals surface area contributed by atoms with E-state index in [1.165, 1.54) is 70.6 Å². The molecule has 1 aliphatic rings. The van der Waals surface area contributed by atoms with Crippen molar-refractivity contribution in [3.8, 4) is 16.8 Å². The van der Waals surface area contributed by atoms with Gasteiger partial charge >= 0.3 is 0 Å². The van der Waals surface area contributed by atoms with E-state index in [1.54, 1.807) is 0 Å². The summed E-state index contributed by atoms with van der Waals surface area (Å²) >= 11 is 1.85. The van der Waals surface area contributed by atoms with Gasteiger partial charge in [0.25, 0.3) is 0 Å². The molecule has 0 aliphatic carbocycles. The average Bonchev–Trinajstić information content (AvgIpc) is 3.60. The monoisotopic (exact) mass is 733 g/mol. The molecule has 1 aliphatic heterocycles. The lowest BCUT2D eigenvalue weighted by atomic mass is 10.0. The summed E-state index contributed by atoms with van der Waals surface area (Å²) in [6.07, 6.45) is 0. The molecule has 0 fully saturated rings. The predicted octanol–water partition coefficient (Wildman–Crippen LogP) is 15.0. The summed E-state index contributed by atoms with van der Waals surface area (Å²) in [4.78, 5) is 7.22. The van der Waals surface area contributed by atoms with Crippen molar-refractivity contribution in [2.45, 2.75) is 9.79 Å². The topological polar surface area (TPSA) is 11.4 Å². The highest BCUT2D eigenvalue weighted by Gasteiger charge is 2.25. The second-order valence-electron chi connectivity index (χ2n) is 14.2. The number of anilines is 6. The van der Waals surface area contributed by atoms with E-state index in [1.807, 2.05) is 11.8 Å². The van der Waals surface area contributed by atoms with Crippen molar-refractivity contribution in [2.24, 2.45) is 0 Å². The van der Waals surface area contributed by atoms with Crippen LogP contribution < -0.4 is 9.80 Å². The van der Waals surface area contributed by atoms with Gasteiger partial charge in [-0.15, -0.1) is 0 Å². The van der Waals surface area contributed by atoms with E-state index in [0.717, 1.165) is 22.7 Å². The molecule has 264 valence electrons. The average molecular weight is 734 g/mol. The number of nitrogens with zero attached hydrogens (tertiary/aromatic N) is 3. The van der Waals surface area contributed by atoms with Gasteiger partial charge in [-0.1, -0.05) is 121 Å². The first kappa shape index (κ1) is 32.4. The molecule has 0 unspecified atom stereocenters. The van der Waals surface area contributed by atoms with Crippen LogP contribution in [0.5, 0.6) is 0 Å². The highest BCUT2D eigenvalue weighted by Crippen LogP contribution is 2.52. The van der Waals surface area contributed by atoms with Gasteiger partial charge in [0.15, 0.2) is 0 Å². The Morgan fingerprint density at radius 2 is 0.946 bits per heavy atom. The number of hydrogen-bond donors (Lipinski definition) is 0. The molecule has 0 bridgehead atoms. The fraction of sp³-hybridized carbons (Fsp3) is 0. The van der Waals surface area contributed by atoms with Crippen LogP contribution in [0.1, 0.15) is 0 Å². The third kappa shape index (κ3) is 5.45. The highest BCUT2D eigenvalue weighted by molar-refractivity contribution is 7.99. The number of aromatic nitrogens is 1. The van der Waals surface area contributed by atoms with Gasteiger partial charge in [-0.2, -0.15) is 0 Å². The normalized spacial score (nSPS) is 12.2. The zero-order valence-electron chi connectivity index (χ0n) is 30.5. The predicted molar refractivity (Wildman–Crippen MR) is 237 cm³/mol. The second-order valence-corrected chi connectivity index (χ2v) is 15.3. The van der Waals surface area contributed by atoms with E-state index in [2.05, 4.69) is 227 Å². The largest absolute Gasteiger partial charge is 0.311 e. The van der Waals surface area contributed by atoms with Crippen LogP contribution in [0.3, 0.4) is 0 Å². The van der Waals surface area contributed by atoms with Crippen molar-refractivity contribution < 1.29 is 0 Å². The third-order valence-electron chi connectivity index (χ3n) is 10.9. The minimum atomic E-state index is 1.11. The summed E-state index contributed by atoms with van der Waals surface area (Å²) in [7, 11) is 0. The van der Waals surface area contributed by atoms with E-state index in [4.69, 9.17) is 0 Å². The van der Waals surface area contributed by atoms with Gasteiger partial charge in [0.05, 0.1) is 22.4 Å². The van der Waals surface area contributed by atoms with Crippen molar-refractivity contribution in [1.29, 1.82) is 0 Å². The molecule has 0 spiro atoms. The van der Waals surface area contributed by atoms with Crippen LogP contribution in [0.4, 0.5) is 34.1 Å². The highest BCUT2D eigenvalue weighted by atomic mass is 32.2. The van der Waals surface area contributed by atoms with E-state index in [-0.39, 0.29) is 0 Å². The Bertz CT molecular complexity index is 3020. The van der Waals surface area contributed by atoms with E-state index < -0.39 is 0 Å². The van der Waals surface area contributed by atoms with Crippen molar-refractivity contribution in [2.75, 3.05) is 9.80 Å². The van der Waals surface area contributed by atoms with E-state index in [9.17, 15) is 0 Å². The van der Waals surface area contributed by atoms with Gasteiger partial charge < -0.3 is 14.4 Å². The Kier molecular flexibility index (Phi) is 7.75. The summed E-state index contributed by atoms with van der Waals surface area (Å²) < 4.78 is 2.40. The van der Waals surface area contributed by atoms with Crippen LogP contribution >= 0.6 is 11.8 Å². The lowest BCUT2D eigenvalue weighted by molar-refractivity contribution is 1.17. The molecule has 1 aromatic heterocycles. The number of rotatable bonds is 6. The van der Waals surface area contributed by atoms with E-state index >= 15 is 0 Å². The standard InChI is InChI=1S/C52H35N3S/c1-3-15-40(16-4-1)53(41-17-5-2-6-18-41)42-27-29-43(30-28-42)54-47-20-10-9-19-45(47)46-34-38(24-31-48(46)54)39-25-32-50-52(35-39)56-51-22-12-11-21-49(51)55(50)44-26-23-36-13-7-8-14-37(36)33-44/h1-35H. The zero-order valence-corrected chi connectivity index (χ0v) is 31.3. The fourth-order valence-corrected chi connectivity index (χ4v) is 9.41. The number of benzene rings is 9. The van der Waals surface area contributed by atoms with Gasteiger partial charge in [0.2, 0.25) is 0 Å². The smallest absolute Gasteiger partial charge is 0.0602 e. The van der Waals surface area contributed by atoms with Gasteiger partial charge in [-0.25, -0.2) is 0 Å². The molecule has 0 N–H and O–H groups in total. The summed E-state index contributed by atoms with van der Waals surface area (Å²) in [6, 6.07) is 76.9. The Labute approximate surface area is 330 Å². The Morgan fingerprint density at radius 3 is 1.75 bits per heavy atom. The Morgan fingerprint density at radius 1 is 0.357 bits per heavy atom. The molecule has 56 heavy (non-hydrogen) atoms. The number of fused-ring (bicyclic) bond motifs is 6. The van der Waals surface area contributed by atoms with Crippen molar-refractivity contribution in [3.05, 3.63) is 212 Å². The van der Waals surface area contributed by atoms with Gasteiger partial charge in [0, 0.05) is 49.0 Å². The quantitative estimate of drug-likeness (QED) is 0.169. The van der Waals surface area contributed by atoms with Crippen LogP contribution in [0, 0.1) is 0 Å². The SMILES string of the molecule is c1ccc(N(c2ccccc2)c2ccc(-n3c4ccccc4c4cc(-c5ccc6c(c5)Sc5ccccc5N6c5ccc6ccccc6c5)ccc43)cc2)cc1. The van der Waals surface area contributed by atoms with Crippen LogP contribution in [0.15, 0.2) is 222 Å². The maximum absolute atomic E-state index is 2.42. The van der Waals surface area contributed by atoms with Crippen LogP contribution in [0.25, 0.3) is 49.4 Å². The van der Waals surface area contributed by atoms with Crippen LogP contribution in [-0.2, 0) is 0 Å². The molecule has 0 saturated carbocycles. The van der Waals surface area contributed by atoms with E-state index in [0.29, 0.717) is 0 Å². The first-order valence-corrected chi connectivity index (χ1v) is 19.8. The summed E-state index contributed by atoms with van der Waals surface area (Å²) in [6.45, 7) is 0. The molecular formula is C52H35N3S. The molecule has 10 aromatic rings. The van der Waals surface area contributed by atoms with Gasteiger partial charge in [0.1, 0.15) is 0 Å². The molecular weight excluding hydrogens is 699 g/mol. The minimum absolute atomic E-state index is 1.11. The van der Waals surface area contributed by atoms with Gasteiger partial charge in [-0.3, -0.25) is 0 Å². The summed E-state index contributed by atoms with van der Waals surface area (Å²) in [5.41, 5.74) is 12.9. The molecule has 3 nitrogen and oxygen atoms in total. The third-order valence-corrected chi connectivity index (χ3v) is 12.0. The second kappa shape index (κ2) is 13.4.